The molecule has 0 spiro atoms. The van der Waals surface area contributed by atoms with Gasteiger partial charge in [0.1, 0.15) is 0 Å². The van der Waals surface area contributed by atoms with Gasteiger partial charge in [0, 0.05) is 18.0 Å². The normalized spacial score (nSPS) is 11.7. The second-order valence-electron chi connectivity index (χ2n) is 4.69. The van der Waals surface area contributed by atoms with Gasteiger partial charge in [-0.05, 0) is 24.3 Å². The summed E-state index contributed by atoms with van der Waals surface area (Å²) >= 11 is 1.61. The molecule has 0 amide bonds. The molecule has 0 saturated heterocycles. The van der Waals surface area contributed by atoms with Crippen LogP contribution in [0.1, 0.15) is 32.5 Å². The van der Waals surface area contributed by atoms with Crippen LogP contribution in [0.25, 0.3) is 11.5 Å². The predicted octanol–water partition coefficient (Wildman–Crippen LogP) is 2.78. The minimum Gasteiger partial charge on any atom is -0.395 e. The van der Waals surface area contributed by atoms with E-state index in [9.17, 15) is 5.11 Å². The Morgan fingerprint density at radius 3 is 2.80 bits per heavy atom. The van der Waals surface area contributed by atoms with Gasteiger partial charge in [0.2, 0.25) is 0 Å². The van der Waals surface area contributed by atoms with Crippen molar-refractivity contribution in [2.45, 2.75) is 39.3 Å². The molecule has 2 aromatic rings. The minimum atomic E-state index is 0.145. The monoisotopic (exact) mass is 295 g/mol. The third-order valence-electron chi connectivity index (χ3n) is 3.43. The molecule has 0 bridgehead atoms. The van der Waals surface area contributed by atoms with Gasteiger partial charge in [-0.1, -0.05) is 19.0 Å². The fourth-order valence-electron chi connectivity index (χ4n) is 2.33. The van der Waals surface area contributed by atoms with Crippen LogP contribution < -0.4 is 0 Å². The molecule has 2 aromatic heterocycles. The summed E-state index contributed by atoms with van der Waals surface area (Å²) in [5, 5.41) is 17.2. The average Bonchev–Trinajstić information content (AvgIpc) is 3.10. The lowest BCUT2D eigenvalue weighted by atomic mass is 10.1. The molecule has 0 fully saturated rings. The van der Waals surface area contributed by atoms with E-state index in [4.69, 9.17) is 4.52 Å². The number of aromatic nitrogens is 2. The summed E-state index contributed by atoms with van der Waals surface area (Å²) in [6, 6.07) is 2.40. The third kappa shape index (κ3) is 3.65. The molecule has 0 aliphatic rings. The second-order valence-corrected chi connectivity index (χ2v) is 5.47. The van der Waals surface area contributed by atoms with Crippen LogP contribution >= 0.6 is 11.3 Å². The molecule has 0 atom stereocenters. The largest absolute Gasteiger partial charge is 0.395 e. The highest BCUT2D eigenvalue weighted by atomic mass is 32.1. The van der Waals surface area contributed by atoms with Gasteiger partial charge in [0.25, 0.3) is 5.89 Å². The lowest BCUT2D eigenvalue weighted by Gasteiger charge is -2.28. The second kappa shape index (κ2) is 7.52. The van der Waals surface area contributed by atoms with Crippen molar-refractivity contribution in [1.29, 1.82) is 0 Å². The first-order valence-electron chi connectivity index (χ1n) is 6.98. The summed E-state index contributed by atoms with van der Waals surface area (Å²) in [4.78, 5) is 6.64. The van der Waals surface area contributed by atoms with E-state index < -0.39 is 0 Å². The van der Waals surface area contributed by atoms with E-state index in [1.54, 1.807) is 11.3 Å². The summed E-state index contributed by atoms with van der Waals surface area (Å²) in [5.74, 6) is 1.24. The fourth-order valence-corrected chi connectivity index (χ4v) is 2.96. The Labute approximate surface area is 123 Å². The van der Waals surface area contributed by atoms with Crippen molar-refractivity contribution in [2.24, 2.45) is 0 Å². The Kier molecular flexibility index (Phi) is 5.70. The average molecular weight is 295 g/mol. The lowest BCUT2D eigenvalue weighted by Crippen LogP contribution is -2.36. The smallest absolute Gasteiger partial charge is 0.258 e. The van der Waals surface area contributed by atoms with Crippen LogP contribution in [0.2, 0.25) is 0 Å². The van der Waals surface area contributed by atoms with Crippen molar-refractivity contribution in [3.8, 4) is 11.5 Å². The molecule has 0 aliphatic heterocycles. The van der Waals surface area contributed by atoms with Gasteiger partial charge in [-0.15, -0.1) is 0 Å². The first-order valence-corrected chi connectivity index (χ1v) is 7.92. The highest BCUT2D eigenvalue weighted by Crippen LogP contribution is 2.20. The Bertz CT molecular complexity index is 494. The third-order valence-corrected chi connectivity index (χ3v) is 4.11. The maximum Gasteiger partial charge on any atom is 0.258 e. The number of hydrogen-bond acceptors (Lipinski definition) is 6. The van der Waals surface area contributed by atoms with Crippen LogP contribution in [-0.4, -0.2) is 39.3 Å². The molecule has 0 aliphatic carbocycles. The van der Waals surface area contributed by atoms with Gasteiger partial charge in [-0.3, -0.25) is 4.90 Å². The van der Waals surface area contributed by atoms with Crippen LogP contribution in [-0.2, 0) is 6.54 Å². The summed E-state index contributed by atoms with van der Waals surface area (Å²) in [6.45, 7) is 5.71. The van der Waals surface area contributed by atoms with Gasteiger partial charge < -0.3 is 9.63 Å². The van der Waals surface area contributed by atoms with E-state index >= 15 is 0 Å². The van der Waals surface area contributed by atoms with E-state index in [-0.39, 0.29) is 6.61 Å². The quantitative estimate of drug-likeness (QED) is 0.811. The van der Waals surface area contributed by atoms with E-state index in [2.05, 4.69) is 28.9 Å². The van der Waals surface area contributed by atoms with E-state index in [0.717, 1.165) is 18.4 Å². The van der Waals surface area contributed by atoms with Gasteiger partial charge >= 0.3 is 0 Å². The summed E-state index contributed by atoms with van der Waals surface area (Å²) in [7, 11) is 0. The number of aliphatic hydroxyl groups is 1. The number of hydrogen-bond donors (Lipinski definition) is 1. The van der Waals surface area contributed by atoms with Crippen LogP contribution in [0.15, 0.2) is 21.3 Å². The van der Waals surface area contributed by atoms with Crippen molar-refractivity contribution < 1.29 is 9.63 Å². The highest BCUT2D eigenvalue weighted by molar-refractivity contribution is 7.08. The SMILES string of the molecule is CCC(CC)N(CCO)Cc1noc(-c2ccsc2)n1. The zero-order valence-electron chi connectivity index (χ0n) is 12.0. The number of aliphatic hydroxyl groups excluding tert-OH is 1. The van der Waals surface area contributed by atoms with Gasteiger partial charge in [-0.2, -0.15) is 16.3 Å². The lowest BCUT2D eigenvalue weighted by molar-refractivity contribution is 0.132. The first-order chi connectivity index (χ1) is 9.78. The van der Waals surface area contributed by atoms with E-state index in [0.29, 0.717) is 30.8 Å². The molecule has 20 heavy (non-hydrogen) atoms. The molecule has 5 nitrogen and oxygen atoms in total. The van der Waals surface area contributed by atoms with Crippen molar-refractivity contribution in [2.75, 3.05) is 13.2 Å². The van der Waals surface area contributed by atoms with Crippen molar-refractivity contribution in [3.05, 3.63) is 22.7 Å². The van der Waals surface area contributed by atoms with Crippen LogP contribution in [0.5, 0.6) is 0 Å². The molecule has 0 unspecified atom stereocenters. The minimum absolute atomic E-state index is 0.145. The Balaban J connectivity index is 2.07. The molecule has 0 aromatic carbocycles. The Hall–Kier alpha value is -1.24. The molecule has 2 rings (SSSR count). The van der Waals surface area contributed by atoms with Crippen molar-refractivity contribution in [1.82, 2.24) is 15.0 Å². The maximum absolute atomic E-state index is 9.21. The van der Waals surface area contributed by atoms with Crippen LogP contribution in [0, 0.1) is 0 Å². The van der Waals surface area contributed by atoms with E-state index in [1.165, 1.54) is 0 Å². The van der Waals surface area contributed by atoms with Crippen molar-refractivity contribution >= 4 is 11.3 Å². The summed E-state index contributed by atoms with van der Waals surface area (Å²) < 4.78 is 5.29. The highest BCUT2D eigenvalue weighted by Gasteiger charge is 2.18. The van der Waals surface area contributed by atoms with Gasteiger partial charge in [0.15, 0.2) is 5.82 Å². The molecular weight excluding hydrogens is 274 g/mol. The number of rotatable bonds is 8. The first kappa shape index (κ1) is 15.2. The van der Waals surface area contributed by atoms with Gasteiger partial charge in [0.05, 0.1) is 18.7 Å². The van der Waals surface area contributed by atoms with E-state index in [1.807, 2.05) is 16.8 Å². The number of nitrogens with zero attached hydrogens (tertiary/aromatic N) is 3. The number of thiophene rings is 1. The molecular formula is C14H21N3O2S. The Morgan fingerprint density at radius 1 is 1.40 bits per heavy atom. The Morgan fingerprint density at radius 2 is 2.20 bits per heavy atom. The molecule has 6 heteroatoms. The molecule has 2 heterocycles. The summed E-state index contributed by atoms with van der Waals surface area (Å²) in [6.07, 6.45) is 2.09. The topological polar surface area (TPSA) is 62.4 Å². The zero-order valence-corrected chi connectivity index (χ0v) is 12.8. The standard InChI is InChI=1S/C14H21N3O2S/c1-3-12(4-2)17(6-7-18)9-13-15-14(19-16-13)11-5-8-20-10-11/h5,8,10,12,18H,3-4,6-7,9H2,1-2H3. The van der Waals surface area contributed by atoms with Gasteiger partial charge in [-0.25, -0.2) is 0 Å². The fraction of sp³-hybridized carbons (Fsp3) is 0.571. The van der Waals surface area contributed by atoms with Crippen LogP contribution in [0.4, 0.5) is 0 Å². The van der Waals surface area contributed by atoms with Crippen LogP contribution in [0.3, 0.4) is 0 Å². The summed E-state index contributed by atoms with van der Waals surface area (Å²) in [5.41, 5.74) is 0.963. The maximum atomic E-state index is 9.21. The van der Waals surface area contributed by atoms with Crippen molar-refractivity contribution in [3.63, 3.8) is 0 Å². The zero-order chi connectivity index (χ0) is 14.4. The molecule has 1 N–H and O–H groups in total. The predicted molar refractivity (Wildman–Crippen MR) is 79.5 cm³/mol. The molecule has 0 saturated carbocycles. The molecule has 110 valence electrons. The molecule has 0 radical (unpaired) electrons.